The van der Waals surface area contributed by atoms with Gasteiger partial charge in [-0.15, -0.1) is 5.10 Å². The van der Waals surface area contributed by atoms with Gasteiger partial charge in [-0.1, -0.05) is 35.0 Å². The number of halogens is 1. The molecule has 2 unspecified atom stereocenters. The van der Waals surface area contributed by atoms with E-state index in [1.54, 1.807) is 36.0 Å². The first-order chi connectivity index (χ1) is 16.0. The van der Waals surface area contributed by atoms with E-state index in [9.17, 15) is 9.59 Å². The first kappa shape index (κ1) is 21.4. The summed E-state index contributed by atoms with van der Waals surface area (Å²) in [4.78, 5) is 28.5. The molecule has 1 aliphatic heterocycles. The molecule has 33 heavy (non-hydrogen) atoms. The highest BCUT2D eigenvalue weighted by Crippen LogP contribution is 2.32. The van der Waals surface area contributed by atoms with Gasteiger partial charge < -0.3 is 9.47 Å². The van der Waals surface area contributed by atoms with Crippen LogP contribution in [0.1, 0.15) is 44.0 Å². The van der Waals surface area contributed by atoms with Crippen molar-refractivity contribution < 1.29 is 4.79 Å². The van der Waals surface area contributed by atoms with Crippen LogP contribution < -0.4 is 5.56 Å². The van der Waals surface area contributed by atoms with Crippen LogP contribution in [-0.4, -0.2) is 36.9 Å². The first-order valence-electron chi connectivity index (χ1n) is 11.1. The van der Waals surface area contributed by atoms with Crippen molar-refractivity contribution >= 4 is 28.3 Å². The topological polar surface area (TPSA) is 73.0 Å². The van der Waals surface area contributed by atoms with Crippen LogP contribution in [-0.2, 0) is 4.79 Å². The van der Waals surface area contributed by atoms with Crippen molar-refractivity contribution in [2.75, 3.05) is 6.54 Å². The lowest BCUT2D eigenvalue weighted by molar-refractivity contribution is -0.138. The molecule has 1 saturated heterocycles. The molecule has 8 heteroatoms. The second-order valence-corrected chi connectivity index (χ2v) is 8.84. The molecule has 0 saturated carbocycles. The van der Waals surface area contributed by atoms with Crippen LogP contribution in [0.5, 0.6) is 0 Å². The second kappa shape index (κ2) is 8.83. The first-order valence-corrected chi connectivity index (χ1v) is 11.5. The maximum absolute atomic E-state index is 13.6. The Morgan fingerprint density at radius 3 is 2.70 bits per heavy atom. The SMILES string of the molecule is CC(C(=O)N1CCCCC1c1cn(-c2ccc(Cl)cc2)nn1)n1ccc2ccccc2c1=O. The molecule has 1 amide bonds. The zero-order chi connectivity index (χ0) is 22.9. The fraction of sp³-hybridized carbons (Fsp3) is 0.280. The van der Waals surface area contributed by atoms with Crippen LogP contribution in [0.4, 0.5) is 0 Å². The minimum atomic E-state index is -0.617. The van der Waals surface area contributed by atoms with E-state index in [1.807, 2.05) is 47.5 Å². The Bertz CT molecular complexity index is 1360. The summed E-state index contributed by atoms with van der Waals surface area (Å²) < 4.78 is 3.22. The van der Waals surface area contributed by atoms with Crippen LogP contribution >= 0.6 is 11.6 Å². The minimum Gasteiger partial charge on any atom is -0.332 e. The highest BCUT2D eigenvalue weighted by molar-refractivity contribution is 6.30. The Labute approximate surface area is 196 Å². The zero-order valence-electron chi connectivity index (χ0n) is 18.3. The van der Waals surface area contributed by atoms with Gasteiger partial charge in [0.2, 0.25) is 5.91 Å². The normalized spacial score (nSPS) is 17.3. The predicted octanol–water partition coefficient (Wildman–Crippen LogP) is 4.55. The van der Waals surface area contributed by atoms with E-state index < -0.39 is 6.04 Å². The van der Waals surface area contributed by atoms with Crippen LogP contribution in [0.25, 0.3) is 16.5 Å². The maximum Gasteiger partial charge on any atom is 0.259 e. The number of hydrogen-bond donors (Lipinski definition) is 0. The summed E-state index contributed by atoms with van der Waals surface area (Å²) in [5.41, 5.74) is 1.44. The average molecular weight is 462 g/mol. The van der Waals surface area contributed by atoms with E-state index in [2.05, 4.69) is 10.3 Å². The lowest BCUT2D eigenvalue weighted by Crippen LogP contribution is -2.43. The molecule has 0 N–H and O–H groups in total. The molecule has 0 radical (unpaired) electrons. The van der Waals surface area contributed by atoms with Gasteiger partial charge in [0.15, 0.2) is 0 Å². The molecule has 0 bridgehead atoms. The number of fused-ring (bicyclic) bond motifs is 1. The van der Waals surface area contributed by atoms with E-state index in [1.165, 1.54) is 4.57 Å². The highest BCUT2D eigenvalue weighted by atomic mass is 35.5. The third-order valence-corrected chi connectivity index (χ3v) is 6.60. The third kappa shape index (κ3) is 4.04. The summed E-state index contributed by atoms with van der Waals surface area (Å²) in [5.74, 6) is -0.0851. The lowest BCUT2D eigenvalue weighted by Gasteiger charge is -2.36. The minimum absolute atomic E-state index is 0.0851. The van der Waals surface area contributed by atoms with E-state index in [4.69, 9.17) is 11.6 Å². The summed E-state index contributed by atoms with van der Waals surface area (Å²) in [6, 6.07) is 15.9. The van der Waals surface area contributed by atoms with Crippen LogP contribution in [0, 0.1) is 0 Å². The maximum atomic E-state index is 13.6. The number of hydrogen-bond acceptors (Lipinski definition) is 4. The number of benzene rings is 2. The van der Waals surface area contributed by atoms with Gasteiger partial charge >= 0.3 is 0 Å². The number of amides is 1. The summed E-state index contributed by atoms with van der Waals surface area (Å²) in [7, 11) is 0. The number of nitrogens with zero attached hydrogens (tertiary/aromatic N) is 5. The van der Waals surface area contributed by atoms with Crippen LogP contribution in [0.15, 0.2) is 71.8 Å². The third-order valence-electron chi connectivity index (χ3n) is 6.34. The molecule has 2 aromatic carbocycles. The Kier molecular flexibility index (Phi) is 5.72. The van der Waals surface area contributed by atoms with Crippen molar-refractivity contribution in [2.24, 2.45) is 0 Å². The van der Waals surface area contributed by atoms with Crippen molar-refractivity contribution in [1.29, 1.82) is 0 Å². The monoisotopic (exact) mass is 461 g/mol. The summed E-state index contributed by atoms with van der Waals surface area (Å²) in [5, 5.41) is 10.8. The molecular weight excluding hydrogens is 438 g/mol. The average Bonchev–Trinajstić information content (AvgIpc) is 3.34. The van der Waals surface area contributed by atoms with E-state index in [0.29, 0.717) is 17.0 Å². The number of likely N-dealkylation sites (tertiary alicyclic amines) is 1. The standard InChI is InChI=1S/C25H24ClN5O2/c1-17(29-15-13-18-6-2-3-7-21(18)25(29)33)24(32)30-14-5-4-8-23(30)22-16-31(28-27-22)20-11-9-19(26)10-12-20/h2-3,6-7,9-13,15-17,23H,4-5,8,14H2,1H3. The van der Waals surface area contributed by atoms with Crippen molar-refractivity contribution in [3.8, 4) is 5.69 Å². The predicted molar refractivity (Wildman–Crippen MR) is 128 cm³/mol. The smallest absolute Gasteiger partial charge is 0.259 e. The van der Waals surface area contributed by atoms with Gasteiger partial charge in [-0.25, -0.2) is 4.68 Å². The Hall–Kier alpha value is -3.45. The van der Waals surface area contributed by atoms with E-state index in [-0.39, 0.29) is 17.5 Å². The summed E-state index contributed by atoms with van der Waals surface area (Å²) in [6.07, 6.45) is 6.32. The molecule has 4 aromatic rings. The number of carbonyl (C=O) groups excluding carboxylic acids is 1. The molecule has 7 nitrogen and oxygen atoms in total. The van der Waals surface area contributed by atoms with Crippen molar-refractivity contribution in [2.45, 2.75) is 38.3 Å². The molecule has 1 fully saturated rings. The van der Waals surface area contributed by atoms with Gasteiger partial charge in [0.05, 0.1) is 17.9 Å². The van der Waals surface area contributed by atoms with Gasteiger partial charge in [0.25, 0.3) is 5.56 Å². The fourth-order valence-electron chi connectivity index (χ4n) is 4.52. The zero-order valence-corrected chi connectivity index (χ0v) is 19.0. The Morgan fingerprint density at radius 2 is 1.88 bits per heavy atom. The van der Waals surface area contributed by atoms with Crippen molar-refractivity contribution in [3.63, 3.8) is 0 Å². The number of pyridine rings is 1. The molecule has 3 heterocycles. The molecule has 1 aliphatic rings. The van der Waals surface area contributed by atoms with Gasteiger partial charge in [0.1, 0.15) is 11.7 Å². The Balaban J connectivity index is 1.43. The fourth-order valence-corrected chi connectivity index (χ4v) is 4.65. The molecule has 2 atom stereocenters. The molecule has 5 rings (SSSR count). The second-order valence-electron chi connectivity index (χ2n) is 8.40. The van der Waals surface area contributed by atoms with Crippen molar-refractivity contribution in [1.82, 2.24) is 24.5 Å². The van der Waals surface area contributed by atoms with Crippen LogP contribution in [0.3, 0.4) is 0 Å². The Morgan fingerprint density at radius 1 is 1.09 bits per heavy atom. The molecule has 168 valence electrons. The number of piperidine rings is 1. The number of carbonyl (C=O) groups is 1. The van der Waals surface area contributed by atoms with Gasteiger partial charge in [-0.3, -0.25) is 9.59 Å². The summed E-state index contributed by atoms with van der Waals surface area (Å²) >= 11 is 5.99. The van der Waals surface area contributed by atoms with Gasteiger partial charge in [-0.05, 0) is 68.0 Å². The van der Waals surface area contributed by atoms with Crippen LogP contribution in [0.2, 0.25) is 5.02 Å². The molecule has 0 spiro atoms. The highest BCUT2D eigenvalue weighted by Gasteiger charge is 2.33. The lowest BCUT2D eigenvalue weighted by atomic mass is 9.98. The van der Waals surface area contributed by atoms with Crippen molar-refractivity contribution in [3.05, 3.63) is 88.1 Å². The largest absolute Gasteiger partial charge is 0.332 e. The molecule has 0 aliphatic carbocycles. The number of aromatic nitrogens is 4. The molecular formula is C25H24ClN5O2. The molecule has 2 aromatic heterocycles. The number of rotatable bonds is 4. The quantitative estimate of drug-likeness (QED) is 0.447. The van der Waals surface area contributed by atoms with E-state index in [0.717, 1.165) is 36.0 Å². The van der Waals surface area contributed by atoms with Gasteiger partial charge in [-0.2, -0.15) is 0 Å². The van der Waals surface area contributed by atoms with E-state index >= 15 is 0 Å². The summed E-state index contributed by atoms with van der Waals surface area (Å²) in [6.45, 7) is 2.42. The van der Waals surface area contributed by atoms with Gasteiger partial charge in [0, 0.05) is 23.2 Å².